The number of benzene rings is 3. The Kier molecular flexibility index (Phi) is 5.20. The summed E-state index contributed by atoms with van der Waals surface area (Å²) in [4.78, 5) is 22.8. The van der Waals surface area contributed by atoms with Gasteiger partial charge in [-0.15, -0.1) is 0 Å². The van der Waals surface area contributed by atoms with Gasteiger partial charge in [0, 0.05) is 26.6 Å². The Morgan fingerprint density at radius 1 is 1.00 bits per heavy atom. The summed E-state index contributed by atoms with van der Waals surface area (Å²) >= 11 is 4.96. The van der Waals surface area contributed by atoms with Crippen molar-refractivity contribution in [2.75, 3.05) is 0 Å². The zero-order valence-electron chi connectivity index (χ0n) is 18.3. The number of thiazole rings is 1. The maximum absolute atomic E-state index is 13.7. The maximum Gasteiger partial charge on any atom is 0.271 e. The van der Waals surface area contributed by atoms with E-state index < -0.39 is 0 Å². The van der Waals surface area contributed by atoms with Crippen LogP contribution in [0.15, 0.2) is 99.2 Å². The third-order valence-electron chi connectivity index (χ3n) is 6.15. The number of hydrogen-bond donors (Lipinski definition) is 1. The molecule has 3 heterocycles. The largest absolute Gasteiger partial charge is 0.358 e. The summed E-state index contributed by atoms with van der Waals surface area (Å²) in [7, 11) is 0. The van der Waals surface area contributed by atoms with Gasteiger partial charge in [-0.25, -0.2) is 4.99 Å². The second kappa shape index (κ2) is 8.38. The number of halogens is 1. The molecule has 0 spiro atoms. The molecule has 0 aliphatic carbocycles. The quantitative estimate of drug-likeness (QED) is 0.329. The Labute approximate surface area is 208 Å². The van der Waals surface area contributed by atoms with E-state index >= 15 is 0 Å². The van der Waals surface area contributed by atoms with E-state index in [0.717, 1.165) is 43.5 Å². The van der Waals surface area contributed by atoms with E-state index in [-0.39, 0.29) is 11.6 Å². The van der Waals surface area contributed by atoms with Crippen LogP contribution in [0.25, 0.3) is 22.7 Å². The number of aromatic amines is 1. The first-order chi connectivity index (χ1) is 16.6. The number of aromatic nitrogens is 2. The van der Waals surface area contributed by atoms with Crippen LogP contribution in [0.1, 0.15) is 28.4 Å². The monoisotopic (exact) mass is 525 g/mol. The lowest BCUT2D eigenvalue weighted by molar-refractivity contribution is 0.644. The van der Waals surface area contributed by atoms with Crippen LogP contribution >= 0.6 is 27.3 Å². The van der Waals surface area contributed by atoms with Crippen molar-refractivity contribution in [1.29, 1.82) is 0 Å². The predicted molar refractivity (Wildman–Crippen MR) is 143 cm³/mol. The first kappa shape index (κ1) is 21.1. The van der Waals surface area contributed by atoms with Gasteiger partial charge in [-0.1, -0.05) is 87.9 Å². The van der Waals surface area contributed by atoms with Gasteiger partial charge in [0.2, 0.25) is 0 Å². The summed E-state index contributed by atoms with van der Waals surface area (Å²) in [5.41, 5.74) is 6.09. The van der Waals surface area contributed by atoms with E-state index in [9.17, 15) is 4.79 Å². The number of rotatable bonds is 3. The van der Waals surface area contributed by atoms with E-state index in [1.165, 1.54) is 11.3 Å². The van der Waals surface area contributed by atoms with Crippen molar-refractivity contribution in [1.82, 2.24) is 9.55 Å². The molecule has 0 radical (unpaired) electrons. The molecule has 5 aromatic rings. The van der Waals surface area contributed by atoms with Crippen molar-refractivity contribution in [3.63, 3.8) is 0 Å². The van der Waals surface area contributed by atoms with E-state index in [2.05, 4.69) is 63.4 Å². The molecule has 1 atom stereocenters. The van der Waals surface area contributed by atoms with E-state index in [4.69, 9.17) is 4.99 Å². The highest BCUT2D eigenvalue weighted by Gasteiger charge is 2.22. The minimum Gasteiger partial charge on any atom is -0.358 e. The number of nitrogens with one attached hydrogen (secondary N) is 1. The third kappa shape index (κ3) is 3.59. The van der Waals surface area contributed by atoms with Gasteiger partial charge in [-0.2, -0.15) is 0 Å². The summed E-state index contributed by atoms with van der Waals surface area (Å²) in [6, 6.07) is 26.2. The molecule has 0 saturated heterocycles. The van der Waals surface area contributed by atoms with Crippen LogP contribution in [-0.4, -0.2) is 9.55 Å². The van der Waals surface area contributed by atoms with E-state index in [1.807, 2.05) is 60.0 Å². The summed E-state index contributed by atoms with van der Waals surface area (Å²) in [5, 5.41) is 1.11. The van der Waals surface area contributed by atoms with Crippen LogP contribution < -0.4 is 14.9 Å². The Morgan fingerprint density at radius 2 is 1.74 bits per heavy atom. The molecule has 3 aromatic carbocycles. The number of aryl methyl sites for hydroxylation is 1. The fraction of sp³-hybridized carbons (Fsp3) is 0.0714. The molecule has 1 unspecified atom stereocenters. The average molecular weight is 526 g/mol. The summed E-state index contributed by atoms with van der Waals surface area (Å²) in [5.74, 6) is 0. The van der Waals surface area contributed by atoms with Crippen molar-refractivity contribution < 1.29 is 0 Å². The molecule has 0 fully saturated rings. The Balaban J connectivity index is 1.59. The lowest BCUT2D eigenvalue weighted by Gasteiger charge is -2.19. The fourth-order valence-corrected chi connectivity index (χ4v) is 5.73. The topological polar surface area (TPSA) is 50.1 Å². The summed E-state index contributed by atoms with van der Waals surface area (Å²) < 4.78 is 3.50. The molecule has 1 aliphatic rings. The highest BCUT2D eigenvalue weighted by Crippen LogP contribution is 2.28. The number of allylic oxidation sites excluding steroid dienone is 1. The lowest BCUT2D eigenvalue weighted by atomic mass is 10.0. The molecule has 2 aromatic heterocycles. The van der Waals surface area contributed by atoms with E-state index in [0.29, 0.717) is 9.33 Å². The highest BCUT2D eigenvalue weighted by atomic mass is 79.9. The molecular weight excluding hydrogens is 506 g/mol. The molecule has 6 heteroatoms. The number of H-pyrrole nitrogens is 1. The van der Waals surface area contributed by atoms with Crippen molar-refractivity contribution >= 4 is 49.9 Å². The van der Waals surface area contributed by atoms with Crippen LogP contribution in [0.3, 0.4) is 0 Å². The van der Waals surface area contributed by atoms with Crippen LogP contribution in [-0.2, 0) is 0 Å². The molecular formula is C28H20BrN3OS. The fourth-order valence-electron chi connectivity index (χ4n) is 4.46. The molecule has 34 heavy (non-hydrogen) atoms. The van der Waals surface area contributed by atoms with Gasteiger partial charge in [0.15, 0.2) is 4.80 Å². The average Bonchev–Trinajstić information content (AvgIpc) is 3.35. The third-order valence-corrected chi connectivity index (χ3v) is 7.66. The van der Waals surface area contributed by atoms with Crippen molar-refractivity contribution in [3.05, 3.63) is 131 Å². The minimum atomic E-state index is -0.231. The Morgan fingerprint density at radius 3 is 2.53 bits per heavy atom. The molecule has 6 rings (SSSR count). The van der Waals surface area contributed by atoms with Crippen LogP contribution in [0.2, 0.25) is 0 Å². The molecule has 166 valence electrons. The minimum absolute atomic E-state index is 0.0234. The molecule has 4 nitrogen and oxygen atoms in total. The molecule has 0 saturated carbocycles. The molecule has 0 bridgehead atoms. The van der Waals surface area contributed by atoms with Gasteiger partial charge in [0.05, 0.1) is 16.3 Å². The predicted octanol–water partition coefficient (Wildman–Crippen LogP) is 5.55. The van der Waals surface area contributed by atoms with Gasteiger partial charge in [0.25, 0.3) is 5.56 Å². The second-order valence-corrected chi connectivity index (χ2v) is 10.2. The number of para-hydroxylation sites is 1. The maximum atomic E-state index is 13.7. The van der Waals surface area contributed by atoms with Crippen LogP contribution in [0.4, 0.5) is 0 Å². The standard InChI is InChI=1S/C28H20BrN3OS/c1-17-22(21-9-5-6-10-23(21)30-17)15-26-27(33)32-25(19-11-13-20(29)14-12-19)16-24(31-28(32)34-26)18-7-3-2-4-8-18/h2-16,25,30H,1H3. The molecule has 0 amide bonds. The molecule has 1 aliphatic heterocycles. The van der Waals surface area contributed by atoms with Gasteiger partial charge >= 0.3 is 0 Å². The van der Waals surface area contributed by atoms with Gasteiger partial charge in [0.1, 0.15) is 0 Å². The highest BCUT2D eigenvalue weighted by molar-refractivity contribution is 9.10. The first-order valence-electron chi connectivity index (χ1n) is 11.0. The number of hydrogen-bond acceptors (Lipinski definition) is 3. The number of nitrogens with zero attached hydrogens (tertiary/aromatic N) is 2. The Hall–Kier alpha value is -3.48. The summed E-state index contributed by atoms with van der Waals surface area (Å²) in [6.45, 7) is 2.04. The van der Waals surface area contributed by atoms with Crippen LogP contribution in [0.5, 0.6) is 0 Å². The van der Waals surface area contributed by atoms with Crippen molar-refractivity contribution in [2.45, 2.75) is 13.0 Å². The lowest BCUT2D eigenvalue weighted by Crippen LogP contribution is -2.36. The van der Waals surface area contributed by atoms with Crippen LogP contribution in [0, 0.1) is 6.92 Å². The van der Waals surface area contributed by atoms with Gasteiger partial charge in [-0.05, 0) is 48.4 Å². The number of fused-ring (bicyclic) bond motifs is 2. The van der Waals surface area contributed by atoms with Crippen molar-refractivity contribution in [3.8, 4) is 0 Å². The zero-order chi connectivity index (χ0) is 23.2. The van der Waals surface area contributed by atoms with Crippen molar-refractivity contribution in [2.24, 2.45) is 4.99 Å². The zero-order valence-corrected chi connectivity index (χ0v) is 20.7. The second-order valence-electron chi connectivity index (χ2n) is 8.30. The van der Waals surface area contributed by atoms with E-state index in [1.54, 1.807) is 0 Å². The van der Waals surface area contributed by atoms with Gasteiger partial charge < -0.3 is 4.98 Å². The molecule has 1 N–H and O–H groups in total. The smallest absolute Gasteiger partial charge is 0.271 e. The SMILES string of the molecule is Cc1[nH]c2ccccc2c1C=c1sc2n(c1=O)C(c1ccc(Br)cc1)C=C(c1ccccc1)N=2. The van der Waals surface area contributed by atoms with Gasteiger partial charge in [-0.3, -0.25) is 9.36 Å². The first-order valence-corrected chi connectivity index (χ1v) is 12.6. The Bertz CT molecular complexity index is 1740. The normalized spacial score (nSPS) is 15.8. The summed E-state index contributed by atoms with van der Waals surface area (Å²) in [6.07, 6.45) is 4.09.